The summed E-state index contributed by atoms with van der Waals surface area (Å²) in [7, 11) is 0. The topological polar surface area (TPSA) is 54.3 Å². The second-order valence-electron chi connectivity index (χ2n) is 8.60. The zero-order chi connectivity index (χ0) is 23.0. The first kappa shape index (κ1) is 21.5. The van der Waals surface area contributed by atoms with E-state index in [4.69, 9.17) is 0 Å². The number of hydrogen-bond donors (Lipinski definition) is 1. The van der Waals surface area contributed by atoms with E-state index in [1.165, 1.54) is 0 Å². The van der Waals surface area contributed by atoms with Crippen LogP contribution in [0.3, 0.4) is 0 Å². The van der Waals surface area contributed by atoms with E-state index in [1.54, 1.807) is 4.90 Å². The number of amides is 2. The van der Waals surface area contributed by atoms with Gasteiger partial charge in [0.2, 0.25) is 5.91 Å². The molecular weight excluding hydrogens is 478 g/mol. The van der Waals surface area contributed by atoms with Crippen LogP contribution in [-0.2, 0) is 24.4 Å². The molecule has 0 saturated carbocycles. The lowest BCUT2D eigenvalue weighted by molar-refractivity contribution is -0.133. The number of rotatable bonds is 5. The highest BCUT2D eigenvalue weighted by molar-refractivity contribution is 9.10. The van der Waals surface area contributed by atoms with Gasteiger partial charge in [-0.2, -0.15) is 0 Å². The zero-order valence-electron chi connectivity index (χ0n) is 18.3. The van der Waals surface area contributed by atoms with Crippen LogP contribution >= 0.6 is 15.9 Å². The van der Waals surface area contributed by atoms with Crippen molar-refractivity contribution < 1.29 is 9.59 Å². The highest BCUT2D eigenvalue weighted by atomic mass is 79.9. The number of carbonyl (C=O) groups excluding carboxylic acids is 2. The van der Waals surface area contributed by atoms with Crippen molar-refractivity contribution in [1.82, 2.24) is 14.8 Å². The second kappa shape index (κ2) is 8.52. The lowest BCUT2D eigenvalue weighted by atomic mass is 9.93. The molecule has 2 heterocycles. The number of hydrogen-bond acceptors (Lipinski definition) is 2. The smallest absolute Gasteiger partial charge is 0.271 e. The van der Waals surface area contributed by atoms with Crippen LogP contribution in [0.5, 0.6) is 0 Å². The predicted molar refractivity (Wildman–Crippen MR) is 133 cm³/mol. The first-order valence-corrected chi connectivity index (χ1v) is 11.7. The van der Waals surface area contributed by atoms with Gasteiger partial charge in [-0.05, 0) is 36.2 Å². The second-order valence-corrected chi connectivity index (χ2v) is 9.45. The zero-order valence-corrected chi connectivity index (χ0v) is 19.9. The lowest BCUT2D eigenvalue weighted by Gasteiger charge is -2.44. The van der Waals surface area contributed by atoms with E-state index >= 15 is 0 Å². The molecule has 0 bridgehead atoms. The standard InChI is InChI=1S/C27H24BrN3O2/c1-27(26(33)29-16-19-9-3-2-4-10-19)18-30-23-14-8-6-11-20(23)15-24(30)25(32)31(27)17-21-12-5-7-13-22(21)28/h2-15H,16-18H2,1H3,(H,29,33)/t27-/m0/s1. The quantitative estimate of drug-likeness (QED) is 0.411. The third-order valence-electron chi connectivity index (χ3n) is 6.41. The molecule has 0 aliphatic carbocycles. The van der Waals surface area contributed by atoms with Crippen LogP contribution in [0.4, 0.5) is 0 Å². The number of aromatic nitrogens is 1. The van der Waals surface area contributed by atoms with E-state index < -0.39 is 5.54 Å². The van der Waals surface area contributed by atoms with Gasteiger partial charge in [0.25, 0.3) is 5.91 Å². The minimum Gasteiger partial charge on any atom is -0.350 e. The predicted octanol–water partition coefficient (Wildman–Crippen LogP) is 5.13. The van der Waals surface area contributed by atoms with E-state index in [1.807, 2.05) is 96.4 Å². The molecule has 1 aliphatic heterocycles. The maximum Gasteiger partial charge on any atom is 0.271 e. The lowest BCUT2D eigenvalue weighted by Crippen LogP contribution is -2.63. The van der Waals surface area contributed by atoms with Crippen molar-refractivity contribution in [2.75, 3.05) is 0 Å². The van der Waals surface area contributed by atoms with Crippen LogP contribution in [0.2, 0.25) is 0 Å². The van der Waals surface area contributed by atoms with E-state index in [0.29, 0.717) is 25.3 Å². The van der Waals surface area contributed by atoms with Crippen LogP contribution in [0.25, 0.3) is 10.9 Å². The number of fused-ring (bicyclic) bond motifs is 3. The summed E-state index contributed by atoms with van der Waals surface area (Å²) in [6, 6.07) is 27.5. The Hall–Kier alpha value is -3.38. The van der Waals surface area contributed by atoms with Crippen molar-refractivity contribution in [1.29, 1.82) is 0 Å². The molecule has 33 heavy (non-hydrogen) atoms. The molecule has 1 N–H and O–H groups in total. The SMILES string of the molecule is C[C@@]1(C(=O)NCc2ccccc2)Cn2c(cc3ccccc32)C(=O)N1Cc1ccccc1Br. The fourth-order valence-electron chi connectivity index (χ4n) is 4.52. The van der Waals surface area contributed by atoms with Gasteiger partial charge in [-0.3, -0.25) is 9.59 Å². The van der Waals surface area contributed by atoms with Gasteiger partial charge < -0.3 is 14.8 Å². The molecule has 0 spiro atoms. The van der Waals surface area contributed by atoms with Gasteiger partial charge >= 0.3 is 0 Å². The molecule has 5 nitrogen and oxygen atoms in total. The van der Waals surface area contributed by atoms with Crippen molar-refractivity contribution >= 4 is 38.6 Å². The number of carbonyl (C=O) groups is 2. The van der Waals surface area contributed by atoms with Crippen LogP contribution in [0.1, 0.15) is 28.5 Å². The molecule has 0 unspecified atom stereocenters. The summed E-state index contributed by atoms with van der Waals surface area (Å²) in [5.74, 6) is -0.319. The number of para-hydroxylation sites is 1. The largest absolute Gasteiger partial charge is 0.350 e. The van der Waals surface area contributed by atoms with Crippen molar-refractivity contribution in [3.05, 3.63) is 106 Å². The minimum absolute atomic E-state index is 0.148. The summed E-state index contributed by atoms with van der Waals surface area (Å²) in [6.07, 6.45) is 0. The molecule has 0 saturated heterocycles. The van der Waals surface area contributed by atoms with Crippen molar-refractivity contribution in [3.63, 3.8) is 0 Å². The van der Waals surface area contributed by atoms with Gasteiger partial charge in [0.05, 0.1) is 6.54 Å². The first-order valence-electron chi connectivity index (χ1n) is 10.9. The fourth-order valence-corrected chi connectivity index (χ4v) is 4.93. The Labute approximate surface area is 201 Å². The highest BCUT2D eigenvalue weighted by Crippen LogP contribution is 2.34. The van der Waals surface area contributed by atoms with Gasteiger partial charge in [0, 0.05) is 28.5 Å². The van der Waals surface area contributed by atoms with Gasteiger partial charge in [0.1, 0.15) is 11.2 Å². The van der Waals surface area contributed by atoms with Crippen LogP contribution in [-0.4, -0.2) is 26.8 Å². The third-order valence-corrected chi connectivity index (χ3v) is 7.18. The Balaban J connectivity index is 1.55. The summed E-state index contributed by atoms with van der Waals surface area (Å²) in [4.78, 5) is 29.2. The van der Waals surface area contributed by atoms with Crippen LogP contribution in [0.15, 0.2) is 89.4 Å². The van der Waals surface area contributed by atoms with Crippen molar-refractivity contribution in [3.8, 4) is 0 Å². The molecule has 0 radical (unpaired) electrons. The maximum absolute atomic E-state index is 13.8. The van der Waals surface area contributed by atoms with Crippen LogP contribution in [0, 0.1) is 0 Å². The summed E-state index contributed by atoms with van der Waals surface area (Å²) < 4.78 is 2.90. The van der Waals surface area contributed by atoms with Crippen LogP contribution < -0.4 is 5.32 Å². The number of halogens is 1. The molecule has 6 heteroatoms. The minimum atomic E-state index is -1.06. The Morgan fingerprint density at radius 3 is 2.48 bits per heavy atom. The third kappa shape index (κ3) is 3.85. The van der Waals surface area contributed by atoms with Gasteiger partial charge in [0.15, 0.2) is 0 Å². The molecular formula is C27H24BrN3O2. The Morgan fingerprint density at radius 1 is 1.00 bits per heavy atom. The van der Waals surface area contributed by atoms with E-state index in [0.717, 1.165) is 26.5 Å². The Bertz CT molecular complexity index is 1350. The molecule has 1 atom stereocenters. The molecule has 1 aliphatic rings. The summed E-state index contributed by atoms with van der Waals surface area (Å²) in [5, 5.41) is 4.07. The molecule has 166 valence electrons. The fraction of sp³-hybridized carbons (Fsp3) is 0.185. The maximum atomic E-state index is 13.8. The molecule has 2 amide bonds. The van der Waals surface area contributed by atoms with E-state index in [2.05, 4.69) is 21.2 Å². The first-order chi connectivity index (χ1) is 16.0. The molecule has 3 aromatic carbocycles. The van der Waals surface area contributed by atoms with Crippen molar-refractivity contribution in [2.45, 2.75) is 32.1 Å². The van der Waals surface area contributed by atoms with E-state index in [-0.39, 0.29) is 11.8 Å². The monoisotopic (exact) mass is 501 g/mol. The molecule has 1 aromatic heterocycles. The molecule has 5 rings (SSSR count). The summed E-state index contributed by atoms with van der Waals surface area (Å²) in [6.45, 7) is 2.98. The number of nitrogens with one attached hydrogen (secondary N) is 1. The Morgan fingerprint density at radius 2 is 1.70 bits per heavy atom. The Kier molecular flexibility index (Phi) is 5.54. The highest BCUT2D eigenvalue weighted by Gasteiger charge is 2.47. The average molecular weight is 502 g/mol. The van der Waals surface area contributed by atoms with E-state index in [9.17, 15) is 9.59 Å². The average Bonchev–Trinajstić information content (AvgIpc) is 3.20. The molecule has 4 aromatic rings. The summed E-state index contributed by atoms with van der Waals surface area (Å²) >= 11 is 3.60. The van der Waals surface area contributed by atoms with Gasteiger partial charge in [-0.1, -0.05) is 82.7 Å². The number of benzene rings is 3. The summed E-state index contributed by atoms with van der Waals surface area (Å²) in [5.41, 5.74) is 2.48. The van der Waals surface area contributed by atoms with Gasteiger partial charge in [-0.15, -0.1) is 0 Å². The number of nitrogens with zero attached hydrogens (tertiary/aromatic N) is 2. The molecule has 0 fully saturated rings. The van der Waals surface area contributed by atoms with Gasteiger partial charge in [-0.25, -0.2) is 0 Å². The van der Waals surface area contributed by atoms with Crippen molar-refractivity contribution in [2.24, 2.45) is 0 Å². The normalized spacial score (nSPS) is 17.8.